The zero-order valence-corrected chi connectivity index (χ0v) is 18.2. The number of esters is 1. The molecule has 0 aromatic heterocycles. The second kappa shape index (κ2) is 11.4. The Morgan fingerprint density at radius 3 is 2.64 bits per heavy atom. The van der Waals surface area contributed by atoms with Crippen LogP contribution in [0.25, 0.3) is 0 Å². The number of methoxy groups -OCH3 is 2. The Hall–Kier alpha value is -2.49. The van der Waals surface area contributed by atoms with Gasteiger partial charge in [-0.15, -0.1) is 0 Å². The van der Waals surface area contributed by atoms with Crippen LogP contribution in [0.2, 0.25) is 0 Å². The molecule has 2 aromatic carbocycles. The Bertz CT molecular complexity index is 826. The molecule has 0 heterocycles. The van der Waals surface area contributed by atoms with Gasteiger partial charge in [0, 0.05) is 5.56 Å². The third kappa shape index (κ3) is 6.29. The summed E-state index contributed by atoms with van der Waals surface area (Å²) >= 11 is 2.13. The standard InChI is InChI=1S/C20H23IN2O5/c1-4-27-19(24)13-28-20-16(21)9-14(10-18(20)26-3)11-22-23-12-15-7-5-6-8-17(15)25-2/h5-11,23H,4,12-13H2,1-3H3/b22-11-. The number of para-hydroxylation sites is 1. The molecule has 8 heteroatoms. The minimum absolute atomic E-state index is 0.173. The highest BCUT2D eigenvalue weighted by atomic mass is 127. The average Bonchev–Trinajstić information content (AvgIpc) is 2.70. The number of ether oxygens (including phenoxy) is 4. The molecule has 28 heavy (non-hydrogen) atoms. The summed E-state index contributed by atoms with van der Waals surface area (Å²) in [4.78, 5) is 11.5. The van der Waals surface area contributed by atoms with Crippen molar-refractivity contribution in [1.29, 1.82) is 0 Å². The summed E-state index contributed by atoms with van der Waals surface area (Å²) in [5.74, 6) is 1.40. The van der Waals surface area contributed by atoms with Crippen molar-refractivity contribution in [3.8, 4) is 17.2 Å². The molecule has 0 saturated heterocycles. The second-order valence-corrected chi connectivity index (χ2v) is 6.69. The van der Waals surface area contributed by atoms with E-state index in [4.69, 9.17) is 18.9 Å². The predicted molar refractivity (Wildman–Crippen MR) is 115 cm³/mol. The first-order valence-electron chi connectivity index (χ1n) is 8.62. The minimum atomic E-state index is -0.425. The number of carbonyl (C=O) groups is 1. The number of rotatable bonds is 10. The van der Waals surface area contributed by atoms with E-state index >= 15 is 0 Å². The molecular formula is C20H23IN2O5. The first kappa shape index (κ1) is 21.8. The SMILES string of the molecule is CCOC(=O)COc1c(I)cc(/C=N\NCc2ccccc2OC)cc1OC. The fourth-order valence-electron chi connectivity index (χ4n) is 2.39. The lowest BCUT2D eigenvalue weighted by atomic mass is 10.2. The quantitative estimate of drug-likeness (QED) is 0.234. The molecule has 0 amide bonds. The molecular weight excluding hydrogens is 475 g/mol. The number of hydrazone groups is 1. The van der Waals surface area contributed by atoms with E-state index in [1.807, 2.05) is 30.3 Å². The van der Waals surface area contributed by atoms with Crippen molar-refractivity contribution in [2.45, 2.75) is 13.5 Å². The Morgan fingerprint density at radius 2 is 1.93 bits per heavy atom. The second-order valence-electron chi connectivity index (χ2n) is 5.53. The molecule has 0 bridgehead atoms. The lowest BCUT2D eigenvalue weighted by Gasteiger charge is -2.13. The van der Waals surface area contributed by atoms with Crippen molar-refractivity contribution in [3.05, 3.63) is 51.1 Å². The molecule has 0 unspecified atom stereocenters. The Morgan fingerprint density at radius 1 is 1.18 bits per heavy atom. The van der Waals surface area contributed by atoms with E-state index in [1.54, 1.807) is 33.4 Å². The van der Waals surface area contributed by atoms with Gasteiger partial charge in [0.25, 0.3) is 0 Å². The highest BCUT2D eigenvalue weighted by Crippen LogP contribution is 2.33. The van der Waals surface area contributed by atoms with E-state index in [9.17, 15) is 4.79 Å². The predicted octanol–water partition coefficient (Wildman–Crippen LogP) is 3.37. The molecule has 0 aliphatic carbocycles. The van der Waals surface area contributed by atoms with Crippen LogP contribution in [0.15, 0.2) is 41.5 Å². The van der Waals surface area contributed by atoms with Crippen LogP contribution in [0.4, 0.5) is 0 Å². The highest BCUT2D eigenvalue weighted by Gasteiger charge is 2.13. The van der Waals surface area contributed by atoms with Crippen LogP contribution < -0.4 is 19.6 Å². The van der Waals surface area contributed by atoms with Crippen molar-refractivity contribution in [3.63, 3.8) is 0 Å². The summed E-state index contributed by atoms with van der Waals surface area (Å²) in [6.07, 6.45) is 1.69. The largest absolute Gasteiger partial charge is 0.496 e. The Kier molecular flexibility index (Phi) is 8.86. The van der Waals surface area contributed by atoms with Crippen LogP contribution in [0.3, 0.4) is 0 Å². The van der Waals surface area contributed by atoms with Crippen LogP contribution in [0.1, 0.15) is 18.1 Å². The number of nitrogens with zero attached hydrogens (tertiary/aromatic N) is 1. The fraction of sp³-hybridized carbons (Fsp3) is 0.300. The van der Waals surface area contributed by atoms with E-state index in [-0.39, 0.29) is 6.61 Å². The van der Waals surface area contributed by atoms with Gasteiger partial charge >= 0.3 is 5.97 Å². The lowest BCUT2D eigenvalue weighted by molar-refractivity contribution is -0.145. The zero-order valence-electron chi connectivity index (χ0n) is 16.0. The van der Waals surface area contributed by atoms with E-state index < -0.39 is 5.97 Å². The molecule has 0 atom stereocenters. The van der Waals surface area contributed by atoms with Gasteiger partial charge in [0.05, 0.1) is 37.2 Å². The Labute approximate surface area is 178 Å². The molecule has 150 valence electrons. The third-order valence-corrected chi connectivity index (χ3v) is 4.46. The summed E-state index contributed by atoms with van der Waals surface area (Å²) in [5.41, 5.74) is 4.85. The number of hydrogen-bond donors (Lipinski definition) is 1. The van der Waals surface area contributed by atoms with E-state index in [0.717, 1.165) is 20.4 Å². The molecule has 0 fully saturated rings. The number of halogens is 1. The van der Waals surface area contributed by atoms with Gasteiger partial charge in [-0.2, -0.15) is 5.10 Å². The number of benzene rings is 2. The maximum absolute atomic E-state index is 11.5. The smallest absolute Gasteiger partial charge is 0.344 e. The van der Waals surface area contributed by atoms with Gasteiger partial charge in [0.15, 0.2) is 18.1 Å². The van der Waals surface area contributed by atoms with Crippen molar-refractivity contribution < 1.29 is 23.7 Å². The molecule has 0 aliphatic rings. The van der Waals surface area contributed by atoms with Gasteiger partial charge in [0.1, 0.15) is 5.75 Å². The normalized spacial score (nSPS) is 10.6. The average molecular weight is 498 g/mol. The first-order valence-corrected chi connectivity index (χ1v) is 9.70. The minimum Gasteiger partial charge on any atom is -0.496 e. The molecule has 0 saturated carbocycles. The number of hydrogen-bond acceptors (Lipinski definition) is 7. The maximum atomic E-state index is 11.5. The molecule has 7 nitrogen and oxygen atoms in total. The van der Waals surface area contributed by atoms with Gasteiger partial charge in [-0.3, -0.25) is 0 Å². The van der Waals surface area contributed by atoms with Gasteiger partial charge < -0.3 is 24.4 Å². The summed E-state index contributed by atoms with van der Waals surface area (Å²) in [6.45, 7) is 2.43. The monoisotopic (exact) mass is 498 g/mol. The van der Waals surface area contributed by atoms with Crippen LogP contribution in [0.5, 0.6) is 17.2 Å². The van der Waals surface area contributed by atoms with Crippen LogP contribution in [-0.4, -0.2) is 39.6 Å². The highest BCUT2D eigenvalue weighted by molar-refractivity contribution is 14.1. The van der Waals surface area contributed by atoms with Crippen molar-refractivity contribution in [2.24, 2.45) is 5.10 Å². The molecule has 2 rings (SSSR count). The number of nitrogens with one attached hydrogen (secondary N) is 1. The molecule has 0 aliphatic heterocycles. The summed E-state index contributed by atoms with van der Waals surface area (Å²) in [7, 11) is 3.19. The third-order valence-electron chi connectivity index (χ3n) is 3.66. The first-order chi connectivity index (χ1) is 13.6. The van der Waals surface area contributed by atoms with E-state index in [2.05, 4.69) is 33.1 Å². The topological polar surface area (TPSA) is 78.4 Å². The van der Waals surface area contributed by atoms with Gasteiger partial charge in [-0.25, -0.2) is 4.79 Å². The fourth-order valence-corrected chi connectivity index (χ4v) is 3.17. The summed E-state index contributed by atoms with van der Waals surface area (Å²) < 4.78 is 21.9. The Balaban J connectivity index is 2.02. The van der Waals surface area contributed by atoms with Crippen molar-refractivity contribution >= 4 is 34.8 Å². The lowest BCUT2D eigenvalue weighted by Crippen LogP contribution is -2.15. The summed E-state index contributed by atoms with van der Waals surface area (Å²) in [5, 5.41) is 4.25. The molecule has 0 spiro atoms. The number of carbonyl (C=O) groups excluding carboxylic acids is 1. The molecule has 2 aromatic rings. The van der Waals surface area contributed by atoms with Crippen molar-refractivity contribution in [2.75, 3.05) is 27.4 Å². The van der Waals surface area contributed by atoms with Gasteiger partial charge in [-0.1, -0.05) is 18.2 Å². The maximum Gasteiger partial charge on any atom is 0.344 e. The summed E-state index contributed by atoms with van der Waals surface area (Å²) in [6, 6.07) is 11.4. The molecule has 0 radical (unpaired) electrons. The van der Waals surface area contributed by atoms with Crippen LogP contribution in [-0.2, 0) is 16.1 Å². The van der Waals surface area contributed by atoms with E-state index in [0.29, 0.717) is 24.7 Å². The van der Waals surface area contributed by atoms with Crippen molar-refractivity contribution in [1.82, 2.24) is 5.43 Å². The van der Waals surface area contributed by atoms with Gasteiger partial charge in [-0.05, 0) is 53.3 Å². The van der Waals surface area contributed by atoms with Gasteiger partial charge in [0.2, 0.25) is 0 Å². The van der Waals surface area contributed by atoms with E-state index in [1.165, 1.54) is 0 Å². The zero-order chi connectivity index (χ0) is 20.4. The van der Waals surface area contributed by atoms with Crippen LogP contribution >= 0.6 is 22.6 Å². The van der Waals surface area contributed by atoms with Crippen LogP contribution in [0, 0.1) is 3.57 Å². The molecule has 1 N–H and O–H groups in total.